The van der Waals surface area contributed by atoms with E-state index in [0.29, 0.717) is 17.6 Å². The van der Waals surface area contributed by atoms with E-state index in [2.05, 4.69) is 37.5 Å². The fourth-order valence-electron chi connectivity index (χ4n) is 3.03. The third-order valence-corrected chi connectivity index (χ3v) is 4.20. The Bertz CT molecular complexity index is 718. The molecule has 1 aliphatic carbocycles. The maximum absolute atomic E-state index is 12.3. The van der Waals surface area contributed by atoms with Gasteiger partial charge in [0.15, 0.2) is 0 Å². The van der Waals surface area contributed by atoms with E-state index in [1.807, 2.05) is 17.7 Å². The molecule has 0 saturated heterocycles. The zero-order valence-electron chi connectivity index (χ0n) is 14.8. The van der Waals surface area contributed by atoms with Gasteiger partial charge in [-0.25, -0.2) is 9.67 Å². The highest BCUT2D eigenvalue weighted by atomic mass is 16.4. The van der Waals surface area contributed by atoms with Crippen LogP contribution in [-0.4, -0.2) is 20.7 Å². The minimum absolute atomic E-state index is 0.121. The molecule has 1 aliphatic rings. The Hall–Kier alpha value is -2.11. The number of carbonyl (C=O) groups excluding carboxylic acids is 1. The van der Waals surface area contributed by atoms with Gasteiger partial charge in [-0.1, -0.05) is 0 Å². The van der Waals surface area contributed by atoms with Crippen molar-refractivity contribution in [2.75, 3.05) is 5.32 Å². The van der Waals surface area contributed by atoms with Gasteiger partial charge in [0.1, 0.15) is 18.0 Å². The molecule has 0 bridgehead atoms. The largest absolute Gasteiger partial charge is 0.445 e. The molecule has 0 aliphatic heterocycles. The number of aromatic nitrogens is 3. The van der Waals surface area contributed by atoms with Gasteiger partial charge in [0.2, 0.25) is 11.8 Å². The summed E-state index contributed by atoms with van der Waals surface area (Å²) in [5, 5.41) is 7.74. The molecule has 2 aromatic heterocycles. The number of nitrogens with one attached hydrogen (secondary N) is 1. The second kappa shape index (κ2) is 6.42. The molecule has 1 N–H and O–H groups in total. The van der Waals surface area contributed by atoms with Crippen LogP contribution < -0.4 is 5.32 Å². The van der Waals surface area contributed by atoms with E-state index in [9.17, 15) is 4.79 Å². The van der Waals surface area contributed by atoms with E-state index in [0.717, 1.165) is 30.8 Å². The van der Waals surface area contributed by atoms with Gasteiger partial charge in [0.25, 0.3) is 0 Å². The third kappa shape index (κ3) is 3.68. The smallest absolute Gasteiger partial charge is 0.234 e. The SMILES string of the molecule is Cc1cnc(CC(=O)Nc2cc([C@H]3C[CH]CC3)nn2C(C)(C)C)o1. The van der Waals surface area contributed by atoms with Crippen LogP contribution in [0.5, 0.6) is 0 Å². The van der Waals surface area contributed by atoms with Crippen molar-refractivity contribution in [2.24, 2.45) is 0 Å². The second-order valence-electron chi connectivity index (χ2n) is 7.43. The number of rotatable bonds is 4. The van der Waals surface area contributed by atoms with Gasteiger partial charge in [-0.15, -0.1) is 0 Å². The maximum atomic E-state index is 12.3. The average molecular weight is 329 g/mol. The van der Waals surface area contributed by atoms with E-state index in [-0.39, 0.29) is 17.9 Å². The zero-order chi connectivity index (χ0) is 17.3. The van der Waals surface area contributed by atoms with Crippen LogP contribution in [0.1, 0.15) is 63.3 Å². The summed E-state index contributed by atoms with van der Waals surface area (Å²) in [6.07, 6.45) is 7.38. The summed E-state index contributed by atoms with van der Waals surface area (Å²) in [4.78, 5) is 16.4. The number of nitrogens with zero attached hydrogens (tertiary/aromatic N) is 3. The fourth-order valence-corrected chi connectivity index (χ4v) is 3.03. The van der Waals surface area contributed by atoms with Gasteiger partial charge in [0, 0.05) is 12.0 Å². The Labute approximate surface area is 142 Å². The highest BCUT2D eigenvalue weighted by Gasteiger charge is 2.26. The molecule has 129 valence electrons. The Morgan fingerprint density at radius 3 is 2.83 bits per heavy atom. The number of oxazole rings is 1. The molecule has 0 aromatic carbocycles. The molecule has 1 atom stereocenters. The Balaban J connectivity index is 1.78. The molecule has 3 rings (SSSR count). The Morgan fingerprint density at radius 1 is 1.46 bits per heavy atom. The zero-order valence-corrected chi connectivity index (χ0v) is 14.8. The predicted molar refractivity (Wildman–Crippen MR) is 91.7 cm³/mol. The van der Waals surface area contributed by atoms with Gasteiger partial charge >= 0.3 is 0 Å². The maximum Gasteiger partial charge on any atom is 0.234 e. The average Bonchev–Trinajstić information content (AvgIpc) is 3.18. The van der Waals surface area contributed by atoms with Crippen molar-refractivity contribution in [3.05, 3.63) is 36.0 Å². The van der Waals surface area contributed by atoms with Crippen LogP contribution in [0.2, 0.25) is 0 Å². The monoisotopic (exact) mass is 329 g/mol. The lowest BCUT2D eigenvalue weighted by Gasteiger charge is -2.22. The predicted octanol–water partition coefficient (Wildman–Crippen LogP) is 3.59. The van der Waals surface area contributed by atoms with Crippen LogP contribution in [0.3, 0.4) is 0 Å². The molecule has 6 nitrogen and oxygen atoms in total. The van der Waals surface area contributed by atoms with Crippen molar-refractivity contribution in [1.29, 1.82) is 0 Å². The third-order valence-electron chi connectivity index (χ3n) is 4.20. The van der Waals surface area contributed by atoms with Crippen molar-refractivity contribution in [3.8, 4) is 0 Å². The summed E-state index contributed by atoms with van der Waals surface area (Å²) in [6, 6.07) is 2.01. The minimum Gasteiger partial charge on any atom is -0.445 e. The number of carbonyl (C=O) groups is 1. The minimum atomic E-state index is -0.206. The van der Waals surface area contributed by atoms with E-state index in [1.54, 1.807) is 6.20 Å². The highest BCUT2D eigenvalue weighted by Crippen LogP contribution is 2.35. The number of hydrogen-bond acceptors (Lipinski definition) is 4. The van der Waals surface area contributed by atoms with E-state index in [4.69, 9.17) is 9.52 Å². The lowest BCUT2D eigenvalue weighted by Crippen LogP contribution is -2.27. The van der Waals surface area contributed by atoms with Crippen molar-refractivity contribution in [3.63, 3.8) is 0 Å². The van der Waals surface area contributed by atoms with E-state index in [1.165, 1.54) is 0 Å². The first-order valence-electron chi connectivity index (χ1n) is 8.46. The van der Waals surface area contributed by atoms with Crippen molar-refractivity contribution >= 4 is 11.7 Å². The summed E-state index contributed by atoms with van der Waals surface area (Å²) in [6.45, 7) is 8.06. The molecule has 2 aromatic rings. The summed E-state index contributed by atoms with van der Waals surface area (Å²) in [7, 11) is 0. The molecule has 24 heavy (non-hydrogen) atoms. The summed E-state index contributed by atoms with van der Waals surface area (Å²) >= 11 is 0. The molecule has 1 fully saturated rings. The molecular weight excluding hydrogens is 304 g/mol. The van der Waals surface area contributed by atoms with Gasteiger partial charge in [-0.2, -0.15) is 5.10 Å². The van der Waals surface area contributed by atoms with Crippen LogP contribution in [0.4, 0.5) is 5.82 Å². The number of hydrogen-bond donors (Lipinski definition) is 1. The van der Waals surface area contributed by atoms with Gasteiger partial charge < -0.3 is 9.73 Å². The molecule has 1 amide bonds. The second-order valence-corrected chi connectivity index (χ2v) is 7.43. The summed E-state index contributed by atoms with van der Waals surface area (Å²) in [5.41, 5.74) is 0.851. The van der Waals surface area contributed by atoms with Crippen LogP contribution in [-0.2, 0) is 16.8 Å². The standard InChI is InChI=1S/C18H25N4O2/c1-12-11-19-17(24-12)10-16(23)20-15-9-14(13-7-5-6-8-13)21-22(15)18(2,3)4/h5,9,11,13H,6-8,10H2,1-4H3,(H,20,23)/t13-/m0/s1. The summed E-state index contributed by atoms with van der Waals surface area (Å²) in [5.74, 6) is 2.18. The first-order chi connectivity index (χ1) is 11.3. The molecule has 2 heterocycles. The number of anilines is 1. The van der Waals surface area contributed by atoms with Crippen LogP contribution in [0.25, 0.3) is 0 Å². The van der Waals surface area contributed by atoms with Crippen molar-refractivity contribution in [2.45, 2.75) is 64.8 Å². The molecule has 1 saturated carbocycles. The van der Waals surface area contributed by atoms with Gasteiger partial charge in [-0.05, 0) is 53.4 Å². The first-order valence-corrected chi connectivity index (χ1v) is 8.46. The Morgan fingerprint density at radius 2 is 2.25 bits per heavy atom. The Kier molecular flexibility index (Phi) is 4.47. The van der Waals surface area contributed by atoms with E-state index < -0.39 is 0 Å². The molecular formula is C18H25N4O2. The van der Waals surface area contributed by atoms with E-state index >= 15 is 0 Å². The fraction of sp³-hybridized carbons (Fsp3) is 0.556. The molecule has 0 unspecified atom stereocenters. The first kappa shape index (κ1) is 16.7. The molecule has 0 spiro atoms. The summed E-state index contributed by atoms with van der Waals surface area (Å²) < 4.78 is 7.28. The van der Waals surface area contributed by atoms with Crippen molar-refractivity contribution in [1.82, 2.24) is 14.8 Å². The topological polar surface area (TPSA) is 73.0 Å². The number of amides is 1. The van der Waals surface area contributed by atoms with Crippen LogP contribution in [0, 0.1) is 13.3 Å². The lowest BCUT2D eigenvalue weighted by atomic mass is 10.0. The highest BCUT2D eigenvalue weighted by molar-refractivity contribution is 5.91. The normalized spacial score (nSPS) is 15.8. The van der Waals surface area contributed by atoms with Crippen molar-refractivity contribution < 1.29 is 9.21 Å². The quantitative estimate of drug-likeness (QED) is 0.930. The molecule has 6 heteroatoms. The molecule has 1 radical (unpaired) electrons. The van der Waals surface area contributed by atoms with Crippen LogP contribution in [0.15, 0.2) is 16.7 Å². The number of aryl methyl sites for hydroxylation is 1. The van der Waals surface area contributed by atoms with Gasteiger partial charge in [0.05, 0.1) is 17.4 Å². The lowest BCUT2D eigenvalue weighted by molar-refractivity contribution is -0.115. The van der Waals surface area contributed by atoms with Crippen LogP contribution >= 0.6 is 0 Å². The van der Waals surface area contributed by atoms with Gasteiger partial charge in [-0.3, -0.25) is 4.79 Å².